The summed E-state index contributed by atoms with van der Waals surface area (Å²) in [5, 5.41) is 8.46. The van der Waals surface area contributed by atoms with E-state index in [2.05, 4.69) is 0 Å². The molecule has 0 aromatic heterocycles. The van der Waals surface area contributed by atoms with Crippen molar-refractivity contribution in [2.75, 3.05) is 26.7 Å². The van der Waals surface area contributed by atoms with Gasteiger partial charge in [0.25, 0.3) is 0 Å². The summed E-state index contributed by atoms with van der Waals surface area (Å²) in [6, 6.07) is -0.400. The predicted octanol–water partition coefficient (Wildman–Crippen LogP) is -0.680. The Hall–Kier alpha value is -1.79. The van der Waals surface area contributed by atoms with Crippen LogP contribution in [0.25, 0.3) is 0 Å². The van der Waals surface area contributed by atoms with Gasteiger partial charge in [-0.2, -0.15) is 0 Å². The average Bonchev–Trinajstić information content (AvgIpc) is 2.21. The highest BCUT2D eigenvalue weighted by Crippen LogP contribution is 1.97. The third-order valence-corrected chi connectivity index (χ3v) is 1.99. The molecule has 0 aliphatic heterocycles. The highest BCUT2D eigenvalue weighted by molar-refractivity contribution is 5.83. The number of likely N-dealkylation sites (N-methyl/N-ethyl adjacent to an activating group) is 1. The van der Waals surface area contributed by atoms with Crippen molar-refractivity contribution in [2.24, 2.45) is 5.73 Å². The largest absolute Gasteiger partial charge is 0.481 e. The van der Waals surface area contributed by atoms with Gasteiger partial charge in [-0.1, -0.05) is 0 Å². The van der Waals surface area contributed by atoms with Crippen molar-refractivity contribution in [2.45, 2.75) is 13.3 Å². The fourth-order valence-corrected chi connectivity index (χ4v) is 1.10. The van der Waals surface area contributed by atoms with E-state index in [0.29, 0.717) is 6.54 Å². The monoisotopic (exact) mass is 231 g/mol. The zero-order valence-electron chi connectivity index (χ0n) is 9.47. The van der Waals surface area contributed by atoms with Gasteiger partial charge in [0.2, 0.25) is 5.91 Å². The second kappa shape index (κ2) is 6.65. The van der Waals surface area contributed by atoms with Gasteiger partial charge in [-0.15, -0.1) is 0 Å². The van der Waals surface area contributed by atoms with Crippen LogP contribution in [-0.2, 0) is 9.59 Å². The molecule has 0 radical (unpaired) electrons. The van der Waals surface area contributed by atoms with Gasteiger partial charge in [0, 0.05) is 20.1 Å². The van der Waals surface area contributed by atoms with Crippen LogP contribution < -0.4 is 5.73 Å². The molecule has 0 fully saturated rings. The van der Waals surface area contributed by atoms with Gasteiger partial charge in [-0.3, -0.25) is 9.59 Å². The Kier molecular flexibility index (Phi) is 5.91. The van der Waals surface area contributed by atoms with Crippen LogP contribution in [0.2, 0.25) is 0 Å². The summed E-state index contributed by atoms with van der Waals surface area (Å²) in [5.41, 5.74) is 4.98. The van der Waals surface area contributed by atoms with E-state index in [1.807, 2.05) is 0 Å². The molecule has 0 bridgehead atoms. The van der Waals surface area contributed by atoms with Gasteiger partial charge in [0.15, 0.2) is 0 Å². The van der Waals surface area contributed by atoms with Crippen LogP contribution in [0, 0.1) is 0 Å². The summed E-state index contributed by atoms with van der Waals surface area (Å²) in [6.45, 7) is 2.00. The minimum Gasteiger partial charge on any atom is -0.481 e. The number of carboxylic acid groups (broad SMARTS) is 1. The second-order valence-corrected chi connectivity index (χ2v) is 3.33. The minimum atomic E-state index is -0.974. The Bertz CT molecular complexity index is 280. The molecule has 0 aromatic carbocycles. The van der Waals surface area contributed by atoms with Crippen molar-refractivity contribution in [1.29, 1.82) is 0 Å². The first kappa shape index (κ1) is 14.2. The van der Waals surface area contributed by atoms with E-state index >= 15 is 0 Å². The number of carbonyl (C=O) groups excluding carboxylic acids is 2. The second-order valence-electron chi connectivity index (χ2n) is 3.33. The van der Waals surface area contributed by atoms with Crippen molar-refractivity contribution in [3.8, 4) is 0 Å². The molecule has 3 amide bonds. The van der Waals surface area contributed by atoms with Crippen LogP contribution in [0.3, 0.4) is 0 Å². The van der Waals surface area contributed by atoms with Crippen LogP contribution in [0.1, 0.15) is 13.3 Å². The molecule has 0 saturated carbocycles. The summed E-state index contributed by atoms with van der Waals surface area (Å²) in [7, 11) is 1.48. The van der Waals surface area contributed by atoms with Crippen molar-refractivity contribution in [3.63, 3.8) is 0 Å². The Morgan fingerprint density at radius 1 is 1.31 bits per heavy atom. The number of carboxylic acids is 1. The predicted molar refractivity (Wildman–Crippen MR) is 56.7 cm³/mol. The van der Waals surface area contributed by atoms with Crippen molar-refractivity contribution >= 4 is 17.9 Å². The number of rotatable bonds is 6. The Balaban J connectivity index is 4.26. The molecular weight excluding hydrogens is 214 g/mol. The summed E-state index contributed by atoms with van der Waals surface area (Å²) in [6.07, 6.45) is -0.129. The third kappa shape index (κ3) is 5.18. The smallest absolute Gasteiger partial charge is 0.320 e. The number of nitrogens with zero attached hydrogens (tertiary/aromatic N) is 2. The van der Waals surface area contributed by atoms with Crippen molar-refractivity contribution < 1.29 is 19.5 Å². The fraction of sp³-hybridized carbons (Fsp3) is 0.667. The Morgan fingerprint density at radius 3 is 2.25 bits per heavy atom. The maximum absolute atomic E-state index is 11.7. The molecular formula is C9H17N3O4. The third-order valence-electron chi connectivity index (χ3n) is 1.99. The molecule has 0 aliphatic carbocycles. The lowest BCUT2D eigenvalue weighted by molar-refractivity contribution is -0.137. The van der Waals surface area contributed by atoms with Crippen LogP contribution in [0.15, 0.2) is 0 Å². The lowest BCUT2D eigenvalue weighted by atomic mass is 10.4. The van der Waals surface area contributed by atoms with Crippen LogP contribution in [0.5, 0.6) is 0 Å². The van der Waals surface area contributed by atoms with Crippen molar-refractivity contribution in [1.82, 2.24) is 9.80 Å². The van der Waals surface area contributed by atoms with Gasteiger partial charge in [-0.25, -0.2) is 4.79 Å². The molecule has 0 atom stereocenters. The first-order valence-corrected chi connectivity index (χ1v) is 4.88. The molecule has 0 unspecified atom stereocenters. The first-order chi connectivity index (χ1) is 7.38. The molecule has 7 nitrogen and oxygen atoms in total. The van der Waals surface area contributed by atoms with Gasteiger partial charge in [0.05, 0.1) is 6.42 Å². The zero-order valence-corrected chi connectivity index (χ0v) is 9.47. The molecule has 0 rings (SSSR count). The van der Waals surface area contributed by atoms with Gasteiger partial charge < -0.3 is 20.6 Å². The standard InChI is InChI=1S/C9H17N3O4/c1-3-12(6-7(10)13)9(16)11(2)5-4-8(14)15/h3-6H2,1-2H3,(H2,10,13)(H,14,15). The molecule has 0 saturated heterocycles. The maximum Gasteiger partial charge on any atom is 0.320 e. The molecule has 7 heteroatoms. The lowest BCUT2D eigenvalue weighted by Crippen LogP contribution is -2.45. The molecule has 0 spiro atoms. The van der Waals surface area contributed by atoms with E-state index in [0.717, 1.165) is 0 Å². The molecule has 0 aliphatic rings. The van der Waals surface area contributed by atoms with Crippen LogP contribution >= 0.6 is 0 Å². The SMILES string of the molecule is CCN(CC(N)=O)C(=O)N(C)CCC(=O)O. The summed E-state index contributed by atoms with van der Waals surface area (Å²) >= 11 is 0. The van der Waals surface area contributed by atoms with Gasteiger partial charge >= 0.3 is 12.0 Å². The summed E-state index contributed by atoms with van der Waals surface area (Å²) < 4.78 is 0. The number of hydrogen-bond donors (Lipinski definition) is 2. The van der Waals surface area contributed by atoms with E-state index in [9.17, 15) is 14.4 Å². The number of primary amides is 1. The highest BCUT2D eigenvalue weighted by Gasteiger charge is 2.18. The molecule has 3 N–H and O–H groups in total. The topological polar surface area (TPSA) is 104 Å². The van der Waals surface area contributed by atoms with Crippen LogP contribution in [-0.4, -0.2) is 59.5 Å². The normalized spacial score (nSPS) is 9.62. The Labute approximate surface area is 93.8 Å². The lowest BCUT2D eigenvalue weighted by Gasteiger charge is -2.25. The number of urea groups is 1. The molecule has 16 heavy (non-hydrogen) atoms. The van der Waals surface area contributed by atoms with Crippen molar-refractivity contribution in [3.05, 3.63) is 0 Å². The fourth-order valence-electron chi connectivity index (χ4n) is 1.10. The maximum atomic E-state index is 11.7. The van der Waals surface area contributed by atoms with E-state index in [1.165, 1.54) is 16.8 Å². The number of hydrogen-bond acceptors (Lipinski definition) is 3. The highest BCUT2D eigenvalue weighted by atomic mass is 16.4. The van der Waals surface area contributed by atoms with E-state index in [1.54, 1.807) is 6.92 Å². The van der Waals surface area contributed by atoms with Crippen LogP contribution in [0.4, 0.5) is 4.79 Å². The quantitative estimate of drug-likeness (QED) is 0.632. The van der Waals surface area contributed by atoms with E-state index in [-0.39, 0.29) is 19.5 Å². The van der Waals surface area contributed by atoms with Gasteiger partial charge in [0.1, 0.15) is 6.54 Å². The molecule has 0 aromatic rings. The zero-order chi connectivity index (χ0) is 12.7. The first-order valence-electron chi connectivity index (χ1n) is 4.88. The summed E-state index contributed by atoms with van der Waals surface area (Å²) in [4.78, 5) is 35.2. The Morgan fingerprint density at radius 2 is 1.88 bits per heavy atom. The molecule has 92 valence electrons. The minimum absolute atomic E-state index is 0.101. The summed E-state index contributed by atoms with van der Waals surface area (Å²) in [5.74, 6) is -1.57. The van der Waals surface area contributed by atoms with Gasteiger partial charge in [-0.05, 0) is 6.92 Å². The molecule has 0 heterocycles. The number of aliphatic carboxylic acids is 1. The van der Waals surface area contributed by atoms with E-state index in [4.69, 9.17) is 10.8 Å². The number of amides is 3. The van der Waals surface area contributed by atoms with E-state index < -0.39 is 17.9 Å². The number of nitrogens with two attached hydrogens (primary N) is 1. The number of carbonyl (C=O) groups is 3. The average molecular weight is 231 g/mol.